The van der Waals surface area contributed by atoms with Crippen molar-refractivity contribution in [3.8, 4) is 0 Å². The minimum absolute atomic E-state index is 0.539. The Hall–Kier alpha value is -0.460. The first-order valence-electron chi connectivity index (χ1n) is 2.80. The molecular formula is C8H6Cl2. The standard InChI is InChI=1S/C8H6Cl2/c1-6(9)7-2-4-8(10)5-3-7/h2-5H,1H2. The summed E-state index contributed by atoms with van der Waals surface area (Å²) in [6, 6.07) is 7.23. The molecule has 0 heterocycles. The second-order valence-electron chi connectivity index (χ2n) is 1.91. The van der Waals surface area contributed by atoms with Gasteiger partial charge in [0.2, 0.25) is 0 Å². The number of hydrogen-bond acceptors (Lipinski definition) is 0. The van der Waals surface area contributed by atoms with Crippen LogP contribution in [0, 0.1) is 0 Å². The molecule has 0 fully saturated rings. The van der Waals surface area contributed by atoms with E-state index in [1.165, 1.54) is 0 Å². The summed E-state index contributed by atoms with van der Waals surface area (Å²) in [6.45, 7) is 3.58. The van der Waals surface area contributed by atoms with E-state index in [1.54, 1.807) is 12.1 Å². The van der Waals surface area contributed by atoms with Crippen LogP contribution in [0.1, 0.15) is 5.56 Å². The Bertz CT molecular complexity index is 236. The van der Waals surface area contributed by atoms with E-state index in [1.807, 2.05) is 12.1 Å². The smallest absolute Gasteiger partial charge is 0.0406 e. The van der Waals surface area contributed by atoms with Gasteiger partial charge in [-0.2, -0.15) is 0 Å². The fourth-order valence-corrected chi connectivity index (χ4v) is 0.883. The Morgan fingerprint density at radius 3 is 2.10 bits per heavy atom. The van der Waals surface area contributed by atoms with Gasteiger partial charge in [0.25, 0.3) is 0 Å². The number of rotatable bonds is 1. The Morgan fingerprint density at radius 1 is 1.20 bits per heavy atom. The van der Waals surface area contributed by atoms with Crippen LogP contribution in [0.25, 0.3) is 5.03 Å². The molecule has 0 aliphatic rings. The molecule has 0 saturated heterocycles. The van der Waals surface area contributed by atoms with Crippen molar-refractivity contribution in [3.63, 3.8) is 0 Å². The molecule has 1 aromatic carbocycles. The van der Waals surface area contributed by atoms with Gasteiger partial charge in [0.05, 0.1) is 0 Å². The van der Waals surface area contributed by atoms with E-state index in [9.17, 15) is 0 Å². The molecule has 0 radical (unpaired) electrons. The summed E-state index contributed by atoms with van der Waals surface area (Å²) in [5.74, 6) is 0. The molecule has 10 heavy (non-hydrogen) atoms. The maximum atomic E-state index is 5.64. The van der Waals surface area contributed by atoms with Crippen molar-refractivity contribution in [3.05, 3.63) is 41.4 Å². The molecule has 0 bridgehead atoms. The van der Waals surface area contributed by atoms with E-state index in [0.717, 1.165) is 5.56 Å². The molecular weight excluding hydrogens is 167 g/mol. The Balaban J connectivity index is 3.00. The SMILES string of the molecule is C=C(Cl)c1ccc(Cl)cc1. The first-order chi connectivity index (χ1) is 4.70. The van der Waals surface area contributed by atoms with E-state index in [4.69, 9.17) is 23.2 Å². The predicted octanol–water partition coefficient (Wildman–Crippen LogP) is 3.55. The molecule has 0 amide bonds. The Kier molecular flexibility index (Phi) is 2.36. The lowest BCUT2D eigenvalue weighted by Gasteiger charge is -1.95. The van der Waals surface area contributed by atoms with Gasteiger partial charge in [-0.3, -0.25) is 0 Å². The summed E-state index contributed by atoms with van der Waals surface area (Å²) < 4.78 is 0. The van der Waals surface area contributed by atoms with E-state index in [-0.39, 0.29) is 0 Å². The van der Waals surface area contributed by atoms with Crippen molar-refractivity contribution >= 4 is 28.2 Å². The highest BCUT2D eigenvalue weighted by Crippen LogP contribution is 2.18. The van der Waals surface area contributed by atoms with Crippen LogP contribution >= 0.6 is 23.2 Å². The second-order valence-corrected chi connectivity index (χ2v) is 2.80. The highest BCUT2D eigenvalue weighted by molar-refractivity contribution is 6.48. The Morgan fingerprint density at radius 2 is 1.70 bits per heavy atom. The molecule has 1 rings (SSSR count). The summed E-state index contributed by atoms with van der Waals surface area (Å²) >= 11 is 11.3. The average molecular weight is 173 g/mol. The van der Waals surface area contributed by atoms with Crippen LogP contribution in [-0.2, 0) is 0 Å². The van der Waals surface area contributed by atoms with Crippen LogP contribution in [-0.4, -0.2) is 0 Å². The highest BCUT2D eigenvalue weighted by Gasteiger charge is 1.92. The number of benzene rings is 1. The molecule has 0 unspecified atom stereocenters. The molecule has 2 heteroatoms. The van der Waals surface area contributed by atoms with Crippen LogP contribution in [0.15, 0.2) is 30.8 Å². The molecule has 0 aliphatic heterocycles. The quantitative estimate of drug-likeness (QED) is 0.609. The van der Waals surface area contributed by atoms with Gasteiger partial charge in [-0.15, -0.1) is 0 Å². The van der Waals surface area contributed by atoms with Gasteiger partial charge in [0.1, 0.15) is 0 Å². The Labute approximate surface area is 70.1 Å². The molecule has 0 N–H and O–H groups in total. The topological polar surface area (TPSA) is 0 Å². The van der Waals surface area contributed by atoms with E-state index >= 15 is 0 Å². The van der Waals surface area contributed by atoms with Crippen LogP contribution in [0.4, 0.5) is 0 Å². The van der Waals surface area contributed by atoms with Gasteiger partial charge in [0.15, 0.2) is 0 Å². The van der Waals surface area contributed by atoms with Crippen LogP contribution < -0.4 is 0 Å². The van der Waals surface area contributed by atoms with Crippen LogP contribution in [0.3, 0.4) is 0 Å². The van der Waals surface area contributed by atoms with Gasteiger partial charge < -0.3 is 0 Å². The lowest BCUT2D eigenvalue weighted by atomic mass is 10.2. The van der Waals surface area contributed by atoms with Crippen molar-refractivity contribution in [1.82, 2.24) is 0 Å². The van der Waals surface area contributed by atoms with Crippen molar-refractivity contribution in [2.75, 3.05) is 0 Å². The zero-order valence-corrected chi connectivity index (χ0v) is 6.78. The van der Waals surface area contributed by atoms with Crippen LogP contribution in [0.2, 0.25) is 5.02 Å². The third-order valence-electron chi connectivity index (χ3n) is 1.16. The van der Waals surface area contributed by atoms with Gasteiger partial charge in [-0.25, -0.2) is 0 Å². The van der Waals surface area contributed by atoms with E-state index in [0.29, 0.717) is 10.1 Å². The second kappa shape index (κ2) is 3.09. The molecule has 0 aliphatic carbocycles. The summed E-state index contributed by atoms with van der Waals surface area (Å²) in [6.07, 6.45) is 0. The lowest BCUT2D eigenvalue weighted by Crippen LogP contribution is -1.72. The predicted molar refractivity (Wildman–Crippen MR) is 46.3 cm³/mol. The molecule has 0 spiro atoms. The zero-order chi connectivity index (χ0) is 7.56. The number of halogens is 2. The first-order valence-corrected chi connectivity index (χ1v) is 3.56. The molecule has 52 valence electrons. The molecule has 0 atom stereocenters. The van der Waals surface area contributed by atoms with Gasteiger partial charge >= 0.3 is 0 Å². The van der Waals surface area contributed by atoms with Crippen molar-refractivity contribution in [1.29, 1.82) is 0 Å². The minimum Gasteiger partial charge on any atom is -0.0843 e. The third-order valence-corrected chi connectivity index (χ3v) is 1.63. The van der Waals surface area contributed by atoms with E-state index in [2.05, 4.69) is 6.58 Å². The maximum Gasteiger partial charge on any atom is 0.0406 e. The van der Waals surface area contributed by atoms with Crippen molar-refractivity contribution in [2.45, 2.75) is 0 Å². The normalized spacial score (nSPS) is 9.40. The summed E-state index contributed by atoms with van der Waals surface area (Å²) in [4.78, 5) is 0. The first kappa shape index (κ1) is 7.64. The minimum atomic E-state index is 0.539. The largest absolute Gasteiger partial charge is 0.0843 e. The average Bonchev–Trinajstić information content (AvgIpc) is 1.88. The number of hydrogen-bond donors (Lipinski definition) is 0. The summed E-state index contributed by atoms with van der Waals surface area (Å²) in [5.41, 5.74) is 0.908. The lowest BCUT2D eigenvalue weighted by molar-refractivity contribution is 1.65. The summed E-state index contributed by atoms with van der Waals surface area (Å²) in [7, 11) is 0. The van der Waals surface area contributed by atoms with Crippen molar-refractivity contribution < 1.29 is 0 Å². The molecule has 0 nitrogen and oxygen atoms in total. The fourth-order valence-electron chi connectivity index (χ4n) is 0.631. The molecule has 0 aromatic heterocycles. The van der Waals surface area contributed by atoms with Crippen molar-refractivity contribution in [2.24, 2.45) is 0 Å². The highest BCUT2D eigenvalue weighted by atomic mass is 35.5. The molecule has 1 aromatic rings. The van der Waals surface area contributed by atoms with Gasteiger partial charge in [0, 0.05) is 10.1 Å². The van der Waals surface area contributed by atoms with Gasteiger partial charge in [-0.1, -0.05) is 41.9 Å². The third kappa shape index (κ3) is 1.76. The van der Waals surface area contributed by atoms with Gasteiger partial charge in [-0.05, 0) is 17.7 Å². The zero-order valence-electron chi connectivity index (χ0n) is 5.27. The molecule has 0 saturated carbocycles. The summed E-state index contributed by atoms with van der Waals surface area (Å²) in [5, 5.41) is 1.25. The van der Waals surface area contributed by atoms with E-state index < -0.39 is 0 Å². The fraction of sp³-hybridized carbons (Fsp3) is 0. The maximum absolute atomic E-state index is 5.64. The monoisotopic (exact) mass is 172 g/mol. The van der Waals surface area contributed by atoms with Crippen LogP contribution in [0.5, 0.6) is 0 Å².